The molecule has 8 heteroatoms. The van der Waals surface area contributed by atoms with E-state index in [2.05, 4.69) is 10.5 Å². The Morgan fingerprint density at radius 1 is 1.13 bits per heavy atom. The summed E-state index contributed by atoms with van der Waals surface area (Å²) < 4.78 is 32.9. The van der Waals surface area contributed by atoms with Gasteiger partial charge in [-0.05, 0) is 48.7 Å². The minimum Gasteiger partial charge on any atom is -0.354 e. The first-order valence-electron chi connectivity index (χ1n) is 9.49. The molecule has 0 saturated heterocycles. The zero-order valence-corrected chi connectivity index (χ0v) is 17.4. The largest absolute Gasteiger partial charge is 0.354 e. The van der Waals surface area contributed by atoms with Crippen molar-refractivity contribution in [3.05, 3.63) is 71.1 Å². The molecule has 0 saturated carbocycles. The number of benzene rings is 2. The molecule has 0 bridgehead atoms. The predicted octanol–water partition coefficient (Wildman–Crippen LogP) is 3.86. The van der Waals surface area contributed by atoms with E-state index in [0.29, 0.717) is 30.1 Å². The summed E-state index contributed by atoms with van der Waals surface area (Å²) in [5.74, 6) is 0.210. The summed E-state index contributed by atoms with van der Waals surface area (Å²) in [5, 5.41) is 6.56. The molecular formula is C22H21N3O4S. The molecule has 0 aliphatic carbocycles. The second-order valence-corrected chi connectivity index (χ2v) is 8.91. The Kier molecular flexibility index (Phi) is 5.17. The van der Waals surface area contributed by atoms with E-state index in [1.165, 1.54) is 11.2 Å². The molecule has 1 aliphatic heterocycles. The van der Waals surface area contributed by atoms with E-state index in [4.69, 9.17) is 4.52 Å². The van der Waals surface area contributed by atoms with Crippen LogP contribution < -0.4 is 9.62 Å². The van der Waals surface area contributed by atoms with Gasteiger partial charge >= 0.3 is 0 Å². The van der Waals surface area contributed by atoms with Crippen molar-refractivity contribution in [3.8, 4) is 0 Å². The molecule has 1 aromatic heterocycles. The summed E-state index contributed by atoms with van der Waals surface area (Å²) in [6.07, 6.45) is 4.17. The minimum atomic E-state index is -3.62. The second kappa shape index (κ2) is 7.79. The molecular weight excluding hydrogens is 402 g/mol. The number of carbonyl (C=O) groups excluding carboxylic acids is 1. The van der Waals surface area contributed by atoms with Crippen molar-refractivity contribution in [1.82, 2.24) is 5.16 Å². The van der Waals surface area contributed by atoms with Gasteiger partial charge in [0.15, 0.2) is 5.76 Å². The third-order valence-corrected chi connectivity index (χ3v) is 6.76. The Morgan fingerprint density at radius 2 is 1.87 bits per heavy atom. The van der Waals surface area contributed by atoms with Crippen LogP contribution in [0.25, 0.3) is 12.2 Å². The number of aryl methyl sites for hydroxylation is 1. The summed E-state index contributed by atoms with van der Waals surface area (Å²) in [7, 11) is -3.62. The Morgan fingerprint density at radius 3 is 2.60 bits per heavy atom. The summed E-state index contributed by atoms with van der Waals surface area (Å²) in [6.45, 7) is 3.60. The van der Waals surface area contributed by atoms with Crippen LogP contribution in [0, 0.1) is 6.92 Å². The molecule has 30 heavy (non-hydrogen) atoms. The van der Waals surface area contributed by atoms with E-state index in [1.54, 1.807) is 43.3 Å². The molecule has 2 aromatic carbocycles. The molecule has 0 radical (unpaired) electrons. The number of nitrogens with one attached hydrogen (secondary N) is 1. The highest BCUT2D eigenvalue weighted by atomic mass is 32.2. The number of rotatable bonds is 5. The lowest BCUT2D eigenvalue weighted by atomic mass is 10.2. The normalized spacial score (nSPS) is 13.6. The van der Waals surface area contributed by atoms with Crippen LogP contribution >= 0.6 is 0 Å². The van der Waals surface area contributed by atoms with Crippen LogP contribution in [0.15, 0.2) is 57.9 Å². The van der Waals surface area contributed by atoms with Crippen molar-refractivity contribution in [2.24, 2.45) is 0 Å². The SMILES string of the molecule is CC(=O)Nc1c(C)noc1C=Cc1ccc(S(=O)(=O)N2CCc3ccccc32)cc1. The van der Waals surface area contributed by atoms with E-state index in [9.17, 15) is 13.2 Å². The van der Waals surface area contributed by atoms with Gasteiger partial charge in [0, 0.05) is 13.5 Å². The van der Waals surface area contributed by atoms with Gasteiger partial charge in [-0.1, -0.05) is 41.6 Å². The summed E-state index contributed by atoms with van der Waals surface area (Å²) in [5.41, 5.74) is 3.67. The predicted molar refractivity (Wildman–Crippen MR) is 116 cm³/mol. The first-order chi connectivity index (χ1) is 14.4. The van der Waals surface area contributed by atoms with Gasteiger partial charge in [-0.2, -0.15) is 0 Å². The van der Waals surface area contributed by atoms with Gasteiger partial charge in [0.25, 0.3) is 10.0 Å². The van der Waals surface area contributed by atoms with Gasteiger partial charge in [0.1, 0.15) is 11.4 Å². The number of sulfonamides is 1. The molecule has 3 aromatic rings. The first kappa shape index (κ1) is 19.9. The number of hydrogen-bond acceptors (Lipinski definition) is 5. The monoisotopic (exact) mass is 423 g/mol. The van der Waals surface area contributed by atoms with E-state index < -0.39 is 10.0 Å². The molecule has 7 nitrogen and oxygen atoms in total. The van der Waals surface area contributed by atoms with Gasteiger partial charge in [-0.15, -0.1) is 0 Å². The highest BCUT2D eigenvalue weighted by Gasteiger charge is 2.30. The fraction of sp³-hybridized carbons (Fsp3) is 0.182. The fourth-order valence-corrected chi connectivity index (χ4v) is 4.94. The van der Waals surface area contributed by atoms with Crippen molar-refractivity contribution in [2.75, 3.05) is 16.2 Å². The lowest BCUT2D eigenvalue weighted by Crippen LogP contribution is -2.29. The van der Waals surface area contributed by atoms with Crippen molar-refractivity contribution in [2.45, 2.75) is 25.2 Å². The fourth-order valence-electron chi connectivity index (χ4n) is 3.44. The Hall–Kier alpha value is -3.39. The zero-order chi connectivity index (χ0) is 21.3. The van der Waals surface area contributed by atoms with Crippen LogP contribution in [-0.4, -0.2) is 26.0 Å². The van der Waals surface area contributed by atoms with E-state index in [0.717, 1.165) is 16.8 Å². The standard InChI is InChI=1S/C22H21N3O4S/c1-15-22(23-16(2)26)21(29-24-15)12-9-17-7-10-19(11-8-17)30(27,28)25-14-13-18-5-3-4-6-20(18)25/h3-12H,13-14H2,1-2H3,(H,23,26). The van der Waals surface area contributed by atoms with Gasteiger partial charge < -0.3 is 9.84 Å². The third-order valence-electron chi connectivity index (χ3n) is 4.93. The Labute approximate surface area is 175 Å². The summed E-state index contributed by atoms with van der Waals surface area (Å²) in [6, 6.07) is 14.2. The van der Waals surface area contributed by atoms with Gasteiger partial charge in [0.2, 0.25) is 5.91 Å². The lowest BCUT2D eigenvalue weighted by molar-refractivity contribution is -0.114. The summed E-state index contributed by atoms with van der Waals surface area (Å²) >= 11 is 0. The lowest BCUT2D eigenvalue weighted by Gasteiger charge is -2.19. The molecule has 1 N–H and O–H groups in total. The maximum atomic E-state index is 13.1. The first-order valence-corrected chi connectivity index (χ1v) is 10.9. The molecule has 0 unspecified atom stereocenters. The topological polar surface area (TPSA) is 92.5 Å². The van der Waals surface area contributed by atoms with Crippen molar-refractivity contribution in [3.63, 3.8) is 0 Å². The number of hydrogen-bond donors (Lipinski definition) is 1. The van der Waals surface area contributed by atoms with Gasteiger partial charge in [-0.25, -0.2) is 8.42 Å². The van der Waals surface area contributed by atoms with E-state index >= 15 is 0 Å². The second-order valence-electron chi connectivity index (χ2n) is 7.05. The van der Waals surface area contributed by atoms with Gasteiger partial charge in [-0.3, -0.25) is 9.10 Å². The number of fused-ring (bicyclic) bond motifs is 1. The smallest absolute Gasteiger partial charge is 0.264 e. The summed E-state index contributed by atoms with van der Waals surface area (Å²) in [4.78, 5) is 11.6. The van der Waals surface area contributed by atoms with Crippen molar-refractivity contribution >= 4 is 39.5 Å². The zero-order valence-electron chi connectivity index (χ0n) is 16.6. The van der Waals surface area contributed by atoms with Crippen LogP contribution in [0.3, 0.4) is 0 Å². The number of para-hydroxylation sites is 1. The Balaban J connectivity index is 1.55. The quantitative estimate of drug-likeness (QED) is 0.673. The van der Waals surface area contributed by atoms with E-state index in [-0.39, 0.29) is 10.8 Å². The maximum absolute atomic E-state index is 13.1. The molecule has 1 aliphatic rings. The number of anilines is 2. The van der Waals surface area contributed by atoms with Crippen LogP contribution in [-0.2, 0) is 21.2 Å². The number of amides is 1. The maximum Gasteiger partial charge on any atom is 0.264 e. The molecule has 0 fully saturated rings. The third kappa shape index (κ3) is 3.73. The van der Waals surface area contributed by atoms with E-state index in [1.807, 2.05) is 24.3 Å². The molecule has 0 spiro atoms. The molecule has 154 valence electrons. The van der Waals surface area contributed by atoms with Crippen LogP contribution in [0.4, 0.5) is 11.4 Å². The van der Waals surface area contributed by atoms with Crippen molar-refractivity contribution < 1.29 is 17.7 Å². The highest BCUT2D eigenvalue weighted by Crippen LogP contribution is 2.32. The average molecular weight is 423 g/mol. The van der Waals surface area contributed by atoms with Crippen LogP contribution in [0.5, 0.6) is 0 Å². The number of nitrogens with zero attached hydrogens (tertiary/aromatic N) is 2. The van der Waals surface area contributed by atoms with Crippen LogP contribution in [0.1, 0.15) is 29.5 Å². The minimum absolute atomic E-state index is 0.214. The molecule has 2 heterocycles. The Bertz CT molecular complexity index is 1230. The molecule has 0 atom stereocenters. The number of aromatic nitrogens is 1. The molecule has 4 rings (SSSR count). The van der Waals surface area contributed by atoms with Crippen LogP contribution in [0.2, 0.25) is 0 Å². The molecule has 1 amide bonds. The van der Waals surface area contributed by atoms with Crippen molar-refractivity contribution in [1.29, 1.82) is 0 Å². The number of carbonyl (C=O) groups is 1. The average Bonchev–Trinajstić information content (AvgIpc) is 3.31. The van der Waals surface area contributed by atoms with Gasteiger partial charge in [0.05, 0.1) is 10.6 Å². The highest BCUT2D eigenvalue weighted by molar-refractivity contribution is 7.92.